The number of hydrogen-bond donors (Lipinski definition) is 1. The normalized spacial score (nSPS) is 14.2. The second kappa shape index (κ2) is 8.05. The number of anilines is 1. The van der Waals surface area contributed by atoms with Crippen molar-refractivity contribution >= 4 is 22.6 Å². The minimum Gasteiger partial charge on any atom is -0.459 e. The Morgan fingerprint density at radius 2 is 1.94 bits per heavy atom. The van der Waals surface area contributed by atoms with E-state index in [9.17, 15) is 4.79 Å². The average Bonchev–Trinajstić information content (AvgIpc) is 3.64. The zero-order chi connectivity index (χ0) is 22.2. The zero-order valence-corrected chi connectivity index (χ0v) is 17.8. The second-order valence-electron chi connectivity index (χ2n) is 8.23. The Hall–Kier alpha value is -4.20. The van der Waals surface area contributed by atoms with Gasteiger partial charge in [0.25, 0.3) is 11.8 Å². The molecule has 0 aliphatic heterocycles. The van der Waals surface area contributed by atoms with Crippen molar-refractivity contribution < 1.29 is 13.7 Å². The minimum atomic E-state index is -0.325. The monoisotopic (exact) mass is 439 g/mol. The molecule has 0 saturated heterocycles. The first kappa shape index (κ1) is 19.5. The minimum absolute atomic E-state index is 0.242. The molecule has 8 nitrogen and oxygen atoms in total. The summed E-state index contributed by atoms with van der Waals surface area (Å²) in [5, 5.41) is 6.97. The molecule has 2 aromatic carbocycles. The number of imidazole rings is 1. The molecule has 1 amide bonds. The molecular formula is C25H21N5O3. The van der Waals surface area contributed by atoms with E-state index in [4.69, 9.17) is 8.94 Å². The molecule has 0 radical (unpaired) electrons. The van der Waals surface area contributed by atoms with Gasteiger partial charge in [0.2, 0.25) is 5.82 Å². The Morgan fingerprint density at radius 3 is 2.79 bits per heavy atom. The van der Waals surface area contributed by atoms with Crippen molar-refractivity contribution in [2.24, 2.45) is 0 Å². The summed E-state index contributed by atoms with van der Waals surface area (Å²) in [6, 6.07) is 17.1. The molecule has 5 aromatic rings. The highest BCUT2D eigenvalue weighted by atomic mass is 16.5. The van der Waals surface area contributed by atoms with Crippen LogP contribution >= 0.6 is 0 Å². The van der Waals surface area contributed by atoms with Crippen LogP contribution < -0.4 is 5.32 Å². The summed E-state index contributed by atoms with van der Waals surface area (Å²) in [7, 11) is 0. The third-order valence-corrected chi connectivity index (χ3v) is 6.09. The number of nitrogens with one attached hydrogen (secondary N) is 1. The molecule has 1 aliphatic carbocycles. The summed E-state index contributed by atoms with van der Waals surface area (Å²) in [6.45, 7) is 0. The van der Waals surface area contributed by atoms with Gasteiger partial charge in [-0.1, -0.05) is 24.1 Å². The number of furan rings is 1. The second-order valence-corrected chi connectivity index (χ2v) is 8.23. The Labute approximate surface area is 189 Å². The molecule has 1 aliphatic rings. The highest BCUT2D eigenvalue weighted by molar-refractivity contribution is 6.02. The van der Waals surface area contributed by atoms with Gasteiger partial charge in [0, 0.05) is 22.9 Å². The van der Waals surface area contributed by atoms with E-state index in [2.05, 4.69) is 31.1 Å². The zero-order valence-electron chi connectivity index (χ0n) is 17.8. The Bertz CT molecular complexity index is 1430. The third-order valence-electron chi connectivity index (χ3n) is 6.09. The maximum atomic E-state index is 12.2. The van der Waals surface area contributed by atoms with E-state index in [0.717, 1.165) is 16.6 Å². The summed E-state index contributed by atoms with van der Waals surface area (Å²) in [4.78, 5) is 21.4. The van der Waals surface area contributed by atoms with Crippen LogP contribution in [0.15, 0.2) is 76.1 Å². The Balaban J connectivity index is 1.25. The molecular weight excluding hydrogens is 418 g/mol. The lowest BCUT2D eigenvalue weighted by atomic mass is 10.1. The van der Waals surface area contributed by atoms with Gasteiger partial charge in [-0.05, 0) is 61.4 Å². The highest BCUT2D eigenvalue weighted by Crippen LogP contribution is 2.33. The molecule has 0 atom stereocenters. The number of amides is 1. The van der Waals surface area contributed by atoms with Gasteiger partial charge >= 0.3 is 0 Å². The van der Waals surface area contributed by atoms with E-state index in [0.29, 0.717) is 29.0 Å². The summed E-state index contributed by atoms with van der Waals surface area (Å²) >= 11 is 0. The first-order valence-electron chi connectivity index (χ1n) is 11.0. The van der Waals surface area contributed by atoms with Gasteiger partial charge in [0.05, 0.1) is 23.6 Å². The van der Waals surface area contributed by atoms with E-state index in [1.54, 1.807) is 24.3 Å². The lowest BCUT2D eigenvalue weighted by Gasteiger charge is -2.11. The van der Waals surface area contributed by atoms with Crippen molar-refractivity contribution in [3.05, 3.63) is 72.9 Å². The fourth-order valence-electron chi connectivity index (χ4n) is 4.43. The third kappa shape index (κ3) is 3.69. The van der Waals surface area contributed by atoms with Crippen molar-refractivity contribution in [3.63, 3.8) is 0 Å². The number of benzene rings is 2. The topological polar surface area (TPSA) is 99.0 Å². The predicted molar refractivity (Wildman–Crippen MR) is 123 cm³/mol. The molecule has 8 heteroatoms. The molecule has 1 fully saturated rings. The summed E-state index contributed by atoms with van der Waals surface area (Å²) in [6.07, 6.45) is 8.38. The Morgan fingerprint density at radius 1 is 1.03 bits per heavy atom. The molecule has 6 rings (SSSR count). The highest BCUT2D eigenvalue weighted by Gasteiger charge is 2.19. The summed E-state index contributed by atoms with van der Waals surface area (Å²) in [5.74, 6) is 0.781. The molecule has 0 unspecified atom stereocenters. The number of carbonyl (C=O) groups is 1. The molecule has 33 heavy (non-hydrogen) atoms. The summed E-state index contributed by atoms with van der Waals surface area (Å²) in [5.41, 5.74) is 4.21. The quantitative estimate of drug-likeness (QED) is 0.376. The van der Waals surface area contributed by atoms with Crippen LogP contribution in [0.3, 0.4) is 0 Å². The lowest BCUT2D eigenvalue weighted by Crippen LogP contribution is -2.10. The lowest BCUT2D eigenvalue weighted by molar-refractivity contribution is 0.0996. The van der Waals surface area contributed by atoms with Crippen LogP contribution in [-0.2, 0) is 0 Å². The maximum absolute atomic E-state index is 12.2. The van der Waals surface area contributed by atoms with E-state index in [1.165, 1.54) is 31.9 Å². The van der Waals surface area contributed by atoms with Gasteiger partial charge in [-0.15, -0.1) is 0 Å². The van der Waals surface area contributed by atoms with E-state index >= 15 is 0 Å². The van der Waals surface area contributed by atoms with Gasteiger partial charge in [-0.2, -0.15) is 4.98 Å². The van der Waals surface area contributed by atoms with Gasteiger partial charge in [0.15, 0.2) is 5.76 Å². The first-order chi connectivity index (χ1) is 16.2. The molecule has 0 spiro atoms. The van der Waals surface area contributed by atoms with Crippen molar-refractivity contribution in [2.45, 2.75) is 31.7 Å². The van der Waals surface area contributed by atoms with Crippen LogP contribution in [0.1, 0.15) is 42.3 Å². The largest absolute Gasteiger partial charge is 0.459 e. The van der Waals surface area contributed by atoms with Crippen LogP contribution in [0, 0.1) is 0 Å². The van der Waals surface area contributed by atoms with Crippen LogP contribution in [0.25, 0.3) is 33.9 Å². The van der Waals surface area contributed by atoms with Crippen LogP contribution in [0.2, 0.25) is 0 Å². The molecule has 1 N–H and O–H groups in total. The maximum Gasteiger partial charge on any atom is 0.291 e. The summed E-state index contributed by atoms with van der Waals surface area (Å²) < 4.78 is 12.9. The van der Waals surface area contributed by atoms with Crippen molar-refractivity contribution in [3.8, 4) is 22.8 Å². The van der Waals surface area contributed by atoms with Crippen LogP contribution in [0.4, 0.5) is 5.69 Å². The average molecular weight is 439 g/mol. The first-order valence-corrected chi connectivity index (χ1v) is 11.0. The number of fused-ring (bicyclic) bond motifs is 1. The number of hydrogen-bond acceptors (Lipinski definition) is 6. The van der Waals surface area contributed by atoms with Crippen molar-refractivity contribution in [1.29, 1.82) is 0 Å². The predicted octanol–water partition coefficient (Wildman–Crippen LogP) is 5.71. The number of nitrogens with zero attached hydrogens (tertiary/aromatic N) is 4. The van der Waals surface area contributed by atoms with Crippen LogP contribution in [-0.4, -0.2) is 25.6 Å². The fourth-order valence-corrected chi connectivity index (χ4v) is 4.43. The van der Waals surface area contributed by atoms with Gasteiger partial charge < -0.3 is 18.8 Å². The SMILES string of the molecule is O=C(Nc1cccc(-c2nc(-c3ccc4c(c3)ncn4C3CCCC3)no2)c1)c1ccco1. The standard InChI is InChI=1S/C25H21N5O3/c31-24(22-9-4-12-32-22)27-18-6-3-5-17(13-18)25-28-23(29-33-25)16-10-11-21-20(14-16)26-15-30(21)19-7-1-2-8-19/h3-6,9-15,19H,1-2,7-8H2,(H,27,31). The van der Waals surface area contributed by atoms with E-state index in [1.807, 2.05) is 30.6 Å². The van der Waals surface area contributed by atoms with Gasteiger partial charge in [0.1, 0.15) is 0 Å². The van der Waals surface area contributed by atoms with Crippen molar-refractivity contribution in [1.82, 2.24) is 19.7 Å². The van der Waals surface area contributed by atoms with E-state index < -0.39 is 0 Å². The smallest absolute Gasteiger partial charge is 0.291 e. The van der Waals surface area contributed by atoms with Crippen molar-refractivity contribution in [2.75, 3.05) is 5.32 Å². The molecule has 1 saturated carbocycles. The number of aromatic nitrogens is 4. The Kier molecular flexibility index (Phi) is 4.75. The molecule has 3 aromatic heterocycles. The van der Waals surface area contributed by atoms with Crippen LogP contribution in [0.5, 0.6) is 0 Å². The van der Waals surface area contributed by atoms with Gasteiger partial charge in [-0.3, -0.25) is 4.79 Å². The number of carbonyl (C=O) groups excluding carboxylic acids is 1. The van der Waals surface area contributed by atoms with Gasteiger partial charge in [-0.25, -0.2) is 4.98 Å². The fraction of sp³-hybridized carbons (Fsp3) is 0.200. The van der Waals surface area contributed by atoms with E-state index in [-0.39, 0.29) is 11.7 Å². The number of rotatable bonds is 5. The molecule has 3 heterocycles. The molecule has 0 bridgehead atoms. The molecule has 164 valence electrons.